The summed E-state index contributed by atoms with van der Waals surface area (Å²) in [6, 6.07) is 11.9. The van der Waals surface area contributed by atoms with Crippen LogP contribution in [-0.2, 0) is 13.0 Å². The largest absolute Gasteiger partial charge is 0.468 e. The Kier molecular flexibility index (Phi) is 5.41. The van der Waals surface area contributed by atoms with Gasteiger partial charge >= 0.3 is 5.63 Å². The number of likely N-dealkylation sites (tertiary alicyclic amines) is 1. The molecule has 1 fully saturated rings. The molecule has 0 radical (unpaired) electrons. The molecule has 1 N–H and O–H groups in total. The third-order valence-electron chi connectivity index (χ3n) is 5.41. The van der Waals surface area contributed by atoms with Crippen molar-refractivity contribution in [1.29, 1.82) is 0 Å². The van der Waals surface area contributed by atoms with Gasteiger partial charge in [-0.25, -0.2) is 4.79 Å². The van der Waals surface area contributed by atoms with Gasteiger partial charge in [0.2, 0.25) is 0 Å². The monoisotopic (exact) mass is 366 g/mol. The summed E-state index contributed by atoms with van der Waals surface area (Å²) in [6.45, 7) is 5.70. The van der Waals surface area contributed by atoms with Crippen LogP contribution in [0.25, 0.3) is 11.0 Å². The Morgan fingerprint density at radius 3 is 2.78 bits per heavy atom. The molecular formula is C22H26N2O3. The Morgan fingerprint density at radius 1 is 1.19 bits per heavy atom. The zero-order chi connectivity index (χ0) is 18.6. The van der Waals surface area contributed by atoms with Crippen LogP contribution in [0.1, 0.15) is 42.7 Å². The molecule has 27 heavy (non-hydrogen) atoms. The van der Waals surface area contributed by atoms with Gasteiger partial charge in [-0.3, -0.25) is 4.90 Å². The number of furan rings is 1. The number of fused-ring (bicyclic) bond motifs is 1. The van der Waals surface area contributed by atoms with E-state index in [-0.39, 0.29) is 11.7 Å². The minimum atomic E-state index is -0.297. The molecule has 142 valence electrons. The number of nitrogens with one attached hydrogen (secondary N) is 1. The molecule has 2 aromatic heterocycles. The first-order valence-corrected chi connectivity index (χ1v) is 9.78. The summed E-state index contributed by atoms with van der Waals surface area (Å²) in [4.78, 5) is 14.4. The van der Waals surface area contributed by atoms with Gasteiger partial charge in [0.25, 0.3) is 0 Å². The summed E-state index contributed by atoms with van der Waals surface area (Å²) in [5.41, 5.74) is 2.52. The van der Waals surface area contributed by atoms with Crippen molar-refractivity contribution in [1.82, 2.24) is 10.2 Å². The highest BCUT2D eigenvalue weighted by Crippen LogP contribution is 2.25. The third kappa shape index (κ3) is 3.99. The van der Waals surface area contributed by atoms with Crippen molar-refractivity contribution in [3.8, 4) is 0 Å². The number of aryl methyl sites for hydroxylation is 1. The average Bonchev–Trinajstić information content (AvgIpc) is 3.38. The maximum atomic E-state index is 12.0. The molecule has 1 aromatic carbocycles. The quantitative estimate of drug-likeness (QED) is 0.643. The lowest BCUT2D eigenvalue weighted by atomic mass is 10.1. The Balaban J connectivity index is 1.51. The van der Waals surface area contributed by atoms with Crippen molar-refractivity contribution < 1.29 is 8.83 Å². The first kappa shape index (κ1) is 18.0. The number of hydrogen-bond acceptors (Lipinski definition) is 5. The lowest BCUT2D eigenvalue weighted by Crippen LogP contribution is -2.33. The van der Waals surface area contributed by atoms with E-state index in [9.17, 15) is 4.79 Å². The van der Waals surface area contributed by atoms with E-state index in [0.717, 1.165) is 42.8 Å². The van der Waals surface area contributed by atoms with E-state index >= 15 is 0 Å². The Hall–Kier alpha value is -2.37. The van der Waals surface area contributed by atoms with Gasteiger partial charge in [-0.05, 0) is 61.7 Å². The van der Waals surface area contributed by atoms with Gasteiger partial charge in [0, 0.05) is 24.5 Å². The van der Waals surface area contributed by atoms with Crippen LogP contribution >= 0.6 is 0 Å². The van der Waals surface area contributed by atoms with Gasteiger partial charge in [0.05, 0.1) is 12.3 Å². The highest BCUT2D eigenvalue weighted by atomic mass is 16.4. The molecule has 0 saturated carbocycles. The minimum Gasteiger partial charge on any atom is -0.468 e. The SMILES string of the molecule is CCc1ccc2c(CNC[C@@H](c3ccco3)N3CCCC3)cc(=O)oc2c1. The van der Waals surface area contributed by atoms with Crippen molar-refractivity contribution in [2.75, 3.05) is 19.6 Å². The normalized spacial score (nSPS) is 16.2. The Labute approximate surface area is 159 Å². The van der Waals surface area contributed by atoms with E-state index in [0.29, 0.717) is 12.1 Å². The van der Waals surface area contributed by atoms with E-state index in [1.165, 1.54) is 18.4 Å². The summed E-state index contributed by atoms with van der Waals surface area (Å²) in [7, 11) is 0. The fourth-order valence-electron chi connectivity index (χ4n) is 3.93. The topological polar surface area (TPSA) is 58.6 Å². The van der Waals surface area contributed by atoms with E-state index in [4.69, 9.17) is 8.83 Å². The standard InChI is InChI=1S/C22H26N2O3/c1-2-16-7-8-18-17(13-22(25)27-21(18)12-16)14-23-15-19(20-6-5-11-26-20)24-9-3-4-10-24/h5-8,11-13,19,23H,2-4,9-10,14-15H2,1H3/t19-/m0/s1. The second kappa shape index (κ2) is 8.11. The zero-order valence-corrected chi connectivity index (χ0v) is 15.7. The second-order valence-electron chi connectivity index (χ2n) is 7.18. The third-order valence-corrected chi connectivity index (χ3v) is 5.41. The molecule has 0 amide bonds. The first-order chi connectivity index (χ1) is 13.2. The molecule has 0 unspecified atom stereocenters. The molecule has 0 aliphatic carbocycles. The number of rotatable bonds is 7. The first-order valence-electron chi connectivity index (χ1n) is 9.78. The van der Waals surface area contributed by atoms with E-state index < -0.39 is 0 Å². The van der Waals surface area contributed by atoms with Crippen LogP contribution < -0.4 is 10.9 Å². The smallest absolute Gasteiger partial charge is 0.336 e. The van der Waals surface area contributed by atoms with Crippen molar-refractivity contribution in [3.05, 3.63) is 70.0 Å². The van der Waals surface area contributed by atoms with Crippen LogP contribution in [0.2, 0.25) is 0 Å². The molecular weight excluding hydrogens is 340 g/mol. The molecule has 1 aliphatic heterocycles. The fraction of sp³-hybridized carbons (Fsp3) is 0.409. The van der Waals surface area contributed by atoms with E-state index in [2.05, 4.69) is 29.3 Å². The van der Waals surface area contributed by atoms with Crippen LogP contribution in [0.15, 0.2) is 56.3 Å². The van der Waals surface area contributed by atoms with Crippen LogP contribution in [0.3, 0.4) is 0 Å². The molecule has 0 spiro atoms. The van der Waals surface area contributed by atoms with E-state index in [1.54, 1.807) is 12.3 Å². The van der Waals surface area contributed by atoms with Crippen molar-refractivity contribution in [2.24, 2.45) is 0 Å². The Morgan fingerprint density at radius 2 is 2.04 bits per heavy atom. The Bertz CT molecular complexity index is 940. The molecule has 5 nitrogen and oxygen atoms in total. The highest BCUT2D eigenvalue weighted by Gasteiger charge is 2.25. The summed E-state index contributed by atoms with van der Waals surface area (Å²) in [6.07, 6.45) is 5.13. The van der Waals surface area contributed by atoms with Crippen molar-refractivity contribution in [2.45, 2.75) is 38.8 Å². The van der Waals surface area contributed by atoms with Crippen LogP contribution in [-0.4, -0.2) is 24.5 Å². The number of benzene rings is 1. The molecule has 3 heterocycles. The van der Waals surface area contributed by atoms with Gasteiger partial charge < -0.3 is 14.2 Å². The fourth-order valence-corrected chi connectivity index (χ4v) is 3.93. The summed E-state index contributed by atoms with van der Waals surface area (Å²) in [5.74, 6) is 0.995. The summed E-state index contributed by atoms with van der Waals surface area (Å²) >= 11 is 0. The molecule has 0 bridgehead atoms. The van der Waals surface area contributed by atoms with Gasteiger partial charge in [0.15, 0.2) is 0 Å². The molecule has 3 aromatic rings. The number of nitrogens with zero attached hydrogens (tertiary/aromatic N) is 1. The summed E-state index contributed by atoms with van der Waals surface area (Å²) in [5, 5.41) is 4.53. The lowest BCUT2D eigenvalue weighted by Gasteiger charge is -2.26. The van der Waals surface area contributed by atoms with Crippen molar-refractivity contribution >= 4 is 11.0 Å². The zero-order valence-electron chi connectivity index (χ0n) is 15.7. The van der Waals surface area contributed by atoms with E-state index in [1.807, 2.05) is 18.2 Å². The summed E-state index contributed by atoms with van der Waals surface area (Å²) < 4.78 is 11.1. The predicted molar refractivity (Wildman–Crippen MR) is 106 cm³/mol. The van der Waals surface area contributed by atoms with Crippen LogP contribution in [0, 0.1) is 0 Å². The average molecular weight is 366 g/mol. The lowest BCUT2D eigenvalue weighted by molar-refractivity contribution is 0.209. The van der Waals surface area contributed by atoms with Gasteiger partial charge in [-0.15, -0.1) is 0 Å². The van der Waals surface area contributed by atoms with Crippen LogP contribution in [0.5, 0.6) is 0 Å². The van der Waals surface area contributed by atoms with Gasteiger partial charge in [-0.2, -0.15) is 0 Å². The van der Waals surface area contributed by atoms with Crippen molar-refractivity contribution in [3.63, 3.8) is 0 Å². The molecule has 1 saturated heterocycles. The highest BCUT2D eigenvalue weighted by molar-refractivity contribution is 5.80. The van der Waals surface area contributed by atoms with Gasteiger partial charge in [0.1, 0.15) is 11.3 Å². The maximum Gasteiger partial charge on any atom is 0.336 e. The number of hydrogen-bond donors (Lipinski definition) is 1. The van der Waals surface area contributed by atoms with Crippen LogP contribution in [0.4, 0.5) is 0 Å². The van der Waals surface area contributed by atoms with Gasteiger partial charge in [-0.1, -0.05) is 19.1 Å². The minimum absolute atomic E-state index is 0.223. The molecule has 1 atom stereocenters. The molecule has 1 aliphatic rings. The maximum absolute atomic E-state index is 12.0. The molecule has 4 rings (SSSR count). The predicted octanol–water partition coefficient (Wildman–Crippen LogP) is 3.88. The molecule has 5 heteroatoms. The second-order valence-corrected chi connectivity index (χ2v) is 7.18.